The zero-order valence-corrected chi connectivity index (χ0v) is 37.2. The molecule has 1 unspecified atom stereocenters. The van der Waals surface area contributed by atoms with Gasteiger partial charge < -0.3 is 40.5 Å². The number of benzene rings is 2. The molecule has 3 saturated carbocycles. The fourth-order valence-corrected chi connectivity index (χ4v) is 12.0. The van der Waals surface area contributed by atoms with Crippen molar-refractivity contribution in [2.45, 2.75) is 111 Å². The van der Waals surface area contributed by atoms with Gasteiger partial charge in [-0.15, -0.1) is 0 Å². The first-order valence-electron chi connectivity index (χ1n) is 21.7. The molecule has 5 N–H and O–H groups in total. The van der Waals surface area contributed by atoms with Crippen LogP contribution < -0.4 is 16.0 Å². The summed E-state index contributed by atoms with van der Waals surface area (Å²) in [5.41, 5.74) is -5.44. The van der Waals surface area contributed by atoms with Crippen molar-refractivity contribution in [1.82, 2.24) is 15.5 Å². The molecule has 1 saturated heterocycles. The summed E-state index contributed by atoms with van der Waals surface area (Å²) in [7, 11) is 0. The molecular formula is C48H52F2N4O10S. The van der Waals surface area contributed by atoms with Crippen LogP contribution in [0.25, 0.3) is 0 Å². The van der Waals surface area contributed by atoms with Crippen LogP contribution in [0, 0.1) is 22.7 Å². The molecule has 2 aliphatic heterocycles. The van der Waals surface area contributed by atoms with Crippen molar-refractivity contribution in [3.8, 4) is 0 Å². The van der Waals surface area contributed by atoms with Crippen LogP contribution in [0.4, 0.5) is 14.5 Å². The van der Waals surface area contributed by atoms with E-state index in [-0.39, 0.29) is 43.7 Å². The lowest BCUT2D eigenvalue weighted by molar-refractivity contribution is -0.235. The average molecular weight is 915 g/mol. The second-order valence-corrected chi connectivity index (χ2v) is 19.4. The number of nitrogens with zero attached hydrogens (tertiary/aromatic N) is 1. The predicted octanol–water partition coefficient (Wildman–Crippen LogP) is 4.73. The number of carbonyl (C=O) groups excluding carboxylic acids is 6. The number of nitrogens with one attached hydrogen (secondary N) is 3. The second-order valence-electron chi connectivity index (χ2n) is 18.3. The van der Waals surface area contributed by atoms with Crippen molar-refractivity contribution in [3.05, 3.63) is 102 Å². The van der Waals surface area contributed by atoms with Crippen molar-refractivity contribution in [2.24, 2.45) is 22.7 Å². The average Bonchev–Trinajstić information content (AvgIpc) is 3.89. The first-order valence-corrected chi connectivity index (χ1v) is 22.5. The topological polar surface area (TPSA) is 201 Å². The molecule has 2 aromatic carbocycles. The Morgan fingerprint density at radius 3 is 2.38 bits per heavy atom. The van der Waals surface area contributed by atoms with Gasteiger partial charge in [0.2, 0.25) is 17.7 Å². The summed E-state index contributed by atoms with van der Waals surface area (Å²) in [5.74, 6) is -4.61. The highest BCUT2D eigenvalue weighted by atomic mass is 32.2. The van der Waals surface area contributed by atoms with Crippen LogP contribution in [0.5, 0.6) is 0 Å². The molecule has 0 bridgehead atoms. The quantitative estimate of drug-likeness (QED) is 0.186. The number of hydrogen-bond donors (Lipinski definition) is 5. The fraction of sp³-hybridized carbons (Fsp3) is 0.458. The standard InChI is InChI=1S/C48H52F2N4O10S/c1-25-9-14-41(60)54(25)18-16-40(59)51-26(2)42(61)52-27(3)43(62)53-29-7-6-8-32(19-29)65-31-12-10-28(11-13-31)44-63-39-22-33-34-21-36(49)35-20-30(56)15-17-45(35,4)47(34,50)37(57)23-46(33,5)48(39,64-44)38(58)24-55/h6-15,17,19-20,26-27,33-34,36-37,39,44,55,57H,1,16,18,21-24H2,2-5H3,(H,51,59)(H,52,61)(H,53,62)/t26-,27-,33-,34-,36-,37-,39?,44+,45-,46-,47-,48+/m0/s1. The number of alkyl halides is 2. The van der Waals surface area contributed by atoms with E-state index in [1.165, 1.54) is 55.7 Å². The van der Waals surface area contributed by atoms with Crippen molar-refractivity contribution < 1.29 is 57.2 Å². The van der Waals surface area contributed by atoms with Crippen LogP contribution >= 0.6 is 11.8 Å². The van der Waals surface area contributed by atoms with Crippen LogP contribution in [0.15, 0.2) is 107 Å². The minimum atomic E-state index is -2.35. The highest BCUT2D eigenvalue weighted by molar-refractivity contribution is 7.99. The zero-order chi connectivity index (χ0) is 46.8. The summed E-state index contributed by atoms with van der Waals surface area (Å²) in [4.78, 5) is 79.3. The number of aliphatic hydroxyl groups excluding tert-OH is 2. The molecule has 0 aromatic heterocycles. The first kappa shape index (κ1) is 46.2. The Morgan fingerprint density at radius 1 is 0.969 bits per heavy atom. The maximum absolute atomic E-state index is 17.7. The number of fused-ring (bicyclic) bond motifs is 7. The second kappa shape index (κ2) is 17.1. The smallest absolute Gasteiger partial charge is 0.251 e. The molecular weight excluding hydrogens is 863 g/mol. The number of halogens is 2. The molecule has 14 nitrogen and oxygen atoms in total. The largest absolute Gasteiger partial charge is 0.390 e. The van der Waals surface area contributed by atoms with Gasteiger partial charge >= 0.3 is 0 Å². The summed E-state index contributed by atoms with van der Waals surface area (Å²) in [6.45, 7) is 9.22. The number of aliphatic hydroxyl groups is 2. The molecule has 4 amide bonds. The van der Waals surface area contributed by atoms with Crippen LogP contribution in [-0.4, -0.2) is 105 Å². The Kier molecular flexibility index (Phi) is 12.2. The monoisotopic (exact) mass is 914 g/mol. The van der Waals surface area contributed by atoms with E-state index >= 15 is 8.78 Å². The normalized spacial score (nSPS) is 34.2. The highest BCUT2D eigenvalue weighted by Gasteiger charge is 2.80. The van der Waals surface area contributed by atoms with E-state index in [1.807, 2.05) is 18.2 Å². The molecule has 8 rings (SSSR count). The molecule has 6 aliphatic rings. The van der Waals surface area contributed by atoms with Gasteiger partial charge in [0.05, 0.1) is 12.2 Å². The fourth-order valence-electron chi connectivity index (χ4n) is 11.2. The minimum Gasteiger partial charge on any atom is -0.390 e. The van der Waals surface area contributed by atoms with Crippen LogP contribution in [0.3, 0.4) is 0 Å². The molecule has 65 heavy (non-hydrogen) atoms. The lowest BCUT2D eigenvalue weighted by Crippen LogP contribution is -2.70. The van der Waals surface area contributed by atoms with Gasteiger partial charge in [-0.2, -0.15) is 0 Å². The SMILES string of the molecule is C=C1C=CC(=O)N1CCC(=O)N[C@@H](C)C(=O)N[C@@H](C)C(=O)Nc1cccc(Sc2ccc([C@@H]3OC4C[C@H]5[C@@H]6C[C@H](F)C7=CC(=O)C=C[C@]7(C)[C@@]6(F)[C@@H](O)C[C@]5(C)[C@]4(C(=O)CO)O3)cc2)c1. The van der Waals surface area contributed by atoms with Gasteiger partial charge in [0.15, 0.2) is 29.1 Å². The molecule has 344 valence electrons. The third-order valence-corrected chi connectivity index (χ3v) is 15.5. The summed E-state index contributed by atoms with van der Waals surface area (Å²) < 4.78 is 46.8. The van der Waals surface area contributed by atoms with E-state index in [4.69, 9.17) is 9.47 Å². The molecule has 0 radical (unpaired) electrons. The number of ketones is 2. The third kappa shape index (κ3) is 7.68. The minimum absolute atomic E-state index is 0.000343. The van der Waals surface area contributed by atoms with E-state index in [0.717, 1.165) is 15.9 Å². The zero-order valence-electron chi connectivity index (χ0n) is 36.3. The maximum Gasteiger partial charge on any atom is 0.251 e. The first-order chi connectivity index (χ1) is 30.7. The van der Waals surface area contributed by atoms with Gasteiger partial charge in [-0.05, 0) is 100 Å². The summed E-state index contributed by atoms with van der Waals surface area (Å²) in [5, 5.41) is 30.1. The molecule has 4 fully saturated rings. The van der Waals surface area contributed by atoms with Gasteiger partial charge in [-0.1, -0.05) is 49.5 Å². The van der Waals surface area contributed by atoms with E-state index in [0.29, 0.717) is 16.9 Å². The van der Waals surface area contributed by atoms with Crippen LogP contribution in [0.1, 0.15) is 65.2 Å². The molecule has 12 atom stereocenters. The van der Waals surface area contributed by atoms with E-state index in [2.05, 4.69) is 22.5 Å². The summed E-state index contributed by atoms with van der Waals surface area (Å²) in [6.07, 6.45) is 0.875. The Labute approximate surface area is 378 Å². The van der Waals surface area contributed by atoms with Crippen LogP contribution in [-0.2, 0) is 38.2 Å². The van der Waals surface area contributed by atoms with E-state index < -0.39 is 107 Å². The maximum atomic E-state index is 17.7. The molecule has 17 heteroatoms. The summed E-state index contributed by atoms with van der Waals surface area (Å²) in [6, 6.07) is 12.4. The molecule has 0 spiro atoms. The molecule has 2 heterocycles. The van der Waals surface area contributed by atoms with Crippen molar-refractivity contribution in [1.29, 1.82) is 0 Å². The number of amides is 4. The Morgan fingerprint density at radius 2 is 1.69 bits per heavy atom. The Hall–Kier alpha value is -5.33. The van der Waals surface area contributed by atoms with Gasteiger partial charge in [0.25, 0.3) is 5.91 Å². The van der Waals surface area contributed by atoms with Gasteiger partial charge in [0.1, 0.15) is 24.9 Å². The lowest BCUT2D eigenvalue weighted by atomic mass is 9.44. The van der Waals surface area contributed by atoms with Gasteiger partial charge in [-0.3, -0.25) is 28.8 Å². The number of allylic oxidation sites excluding steroid dienone is 5. The molecule has 4 aliphatic carbocycles. The van der Waals surface area contributed by atoms with Gasteiger partial charge in [0, 0.05) is 62.5 Å². The number of hydrogen-bond acceptors (Lipinski definition) is 11. The van der Waals surface area contributed by atoms with Crippen molar-refractivity contribution in [3.63, 3.8) is 0 Å². The van der Waals surface area contributed by atoms with Crippen molar-refractivity contribution >= 4 is 52.6 Å². The number of rotatable bonds is 13. The van der Waals surface area contributed by atoms with Crippen molar-refractivity contribution in [2.75, 3.05) is 18.5 Å². The number of ether oxygens (including phenoxy) is 2. The number of Topliss-reactive ketones (excluding diaryl/α,β-unsaturated/α-hetero) is 1. The number of carbonyl (C=O) groups is 6. The Balaban J connectivity index is 0.887. The predicted molar refractivity (Wildman–Crippen MR) is 233 cm³/mol. The highest BCUT2D eigenvalue weighted by Crippen LogP contribution is 2.72. The van der Waals surface area contributed by atoms with Gasteiger partial charge in [-0.25, -0.2) is 8.78 Å². The van der Waals surface area contributed by atoms with E-state index in [9.17, 15) is 39.0 Å². The van der Waals surface area contributed by atoms with Crippen LogP contribution in [0.2, 0.25) is 0 Å². The van der Waals surface area contributed by atoms with E-state index in [1.54, 1.807) is 43.3 Å². The number of anilines is 1. The Bertz CT molecular complexity index is 2430. The third-order valence-electron chi connectivity index (χ3n) is 14.5. The lowest BCUT2D eigenvalue weighted by Gasteiger charge is -2.63. The molecule has 2 aromatic rings. The summed E-state index contributed by atoms with van der Waals surface area (Å²) >= 11 is 1.40.